The molecule has 0 spiro atoms. The number of carbonyl (C=O) groups is 1. The maximum Gasteiger partial charge on any atom is 0.263 e. The van der Waals surface area contributed by atoms with Crippen LogP contribution in [0.3, 0.4) is 0 Å². The molecule has 0 N–H and O–H groups in total. The number of rotatable bonds is 2. The Hall–Kier alpha value is -3.89. The van der Waals surface area contributed by atoms with Crippen LogP contribution in [-0.2, 0) is 0 Å². The Bertz CT molecular complexity index is 1430. The van der Waals surface area contributed by atoms with Crippen molar-refractivity contribution < 1.29 is 4.79 Å². The third-order valence-electron chi connectivity index (χ3n) is 5.65. The van der Waals surface area contributed by atoms with Gasteiger partial charge in [0.15, 0.2) is 0 Å². The minimum Gasteiger partial charge on any atom is -0.275 e. The monoisotopic (exact) mass is 430 g/mol. The molecule has 1 aliphatic rings. The van der Waals surface area contributed by atoms with Crippen LogP contribution in [0, 0.1) is 0 Å². The van der Waals surface area contributed by atoms with Gasteiger partial charge in [-0.1, -0.05) is 84.6 Å². The molecular formula is C28H18N2OS. The molecule has 1 aromatic heterocycles. The second-order valence-corrected chi connectivity index (χ2v) is 8.70. The molecule has 5 aromatic rings. The molecule has 4 aromatic carbocycles. The summed E-state index contributed by atoms with van der Waals surface area (Å²) >= 11 is 1.70. The van der Waals surface area contributed by atoms with Crippen LogP contribution < -0.4 is 4.90 Å². The van der Waals surface area contributed by atoms with Crippen LogP contribution in [0.2, 0.25) is 0 Å². The van der Waals surface area contributed by atoms with Crippen LogP contribution in [0.5, 0.6) is 0 Å². The van der Waals surface area contributed by atoms with Crippen LogP contribution in [0.25, 0.3) is 22.2 Å². The summed E-state index contributed by atoms with van der Waals surface area (Å²) < 4.78 is 0. The normalized spacial score (nSPS) is 12.3. The molecule has 0 fully saturated rings. The number of hydrogen-bond acceptors (Lipinski definition) is 3. The maximum atomic E-state index is 14.2. The van der Waals surface area contributed by atoms with Crippen LogP contribution in [0.4, 0.5) is 11.4 Å². The summed E-state index contributed by atoms with van der Waals surface area (Å²) in [4.78, 5) is 23.0. The van der Waals surface area contributed by atoms with Gasteiger partial charge in [0, 0.05) is 20.7 Å². The highest BCUT2D eigenvalue weighted by Crippen LogP contribution is 2.48. The minimum atomic E-state index is -0.0546. The molecule has 0 saturated carbocycles. The lowest BCUT2D eigenvalue weighted by Gasteiger charge is -2.31. The number of anilines is 2. The third-order valence-corrected chi connectivity index (χ3v) is 6.78. The van der Waals surface area contributed by atoms with E-state index < -0.39 is 0 Å². The van der Waals surface area contributed by atoms with Crippen LogP contribution in [0.15, 0.2) is 119 Å². The second-order valence-electron chi connectivity index (χ2n) is 7.62. The molecule has 1 amide bonds. The molecule has 0 saturated heterocycles. The number of para-hydroxylation sites is 3. The lowest BCUT2D eigenvalue weighted by atomic mass is 10.0. The van der Waals surface area contributed by atoms with Gasteiger partial charge in [-0.05, 0) is 36.4 Å². The number of nitrogens with zero attached hydrogens (tertiary/aromatic N) is 2. The Balaban J connectivity index is 1.59. The third kappa shape index (κ3) is 3.08. The van der Waals surface area contributed by atoms with Crippen molar-refractivity contribution in [2.45, 2.75) is 9.79 Å². The average molecular weight is 431 g/mol. The molecule has 0 unspecified atom stereocenters. The molecule has 3 nitrogen and oxygen atoms in total. The highest BCUT2D eigenvalue weighted by atomic mass is 32.2. The van der Waals surface area contributed by atoms with Gasteiger partial charge in [-0.15, -0.1) is 0 Å². The molecule has 1 aliphatic heterocycles. The van der Waals surface area contributed by atoms with E-state index in [9.17, 15) is 4.79 Å². The molecule has 0 bridgehead atoms. The Morgan fingerprint density at radius 2 is 1.28 bits per heavy atom. The lowest BCUT2D eigenvalue weighted by molar-refractivity contribution is 0.1000. The fourth-order valence-corrected chi connectivity index (χ4v) is 5.21. The van der Waals surface area contributed by atoms with E-state index >= 15 is 0 Å². The summed E-state index contributed by atoms with van der Waals surface area (Å²) in [6.45, 7) is 0. The number of carbonyl (C=O) groups excluding carboxylic acids is 1. The predicted molar refractivity (Wildman–Crippen MR) is 131 cm³/mol. The van der Waals surface area contributed by atoms with E-state index in [2.05, 4.69) is 12.1 Å². The lowest BCUT2D eigenvalue weighted by Crippen LogP contribution is -2.28. The molecule has 2 heterocycles. The van der Waals surface area contributed by atoms with Crippen molar-refractivity contribution in [1.82, 2.24) is 4.98 Å². The van der Waals surface area contributed by atoms with Crippen molar-refractivity contribution >= 4 is 39.9 Å². The summed E-state index contributed by atoms with van der Waals surface area (Å²) in [5.74, 6) is -0.0546. The summed E-state index contributed by atoms with van der Waals surface area (Å²) in [5, 5.41) is 0.852. The van der Waals surface area contributed by atoms with E-state index in [-0.39, 0.29) is 5.91 Å². The highest BCUT2D eigenvalue weighted by Gasteiger charge is 2.30. The Morgan fingerprint density at radius 1 is 0.688 bits per heavy atom. The largest absolute Gasteiger partial charge is 0.275 e. The summed E-state index contributed by atoms with van der Waals surface area (Å²) in [6, 6.07) is 35.9. The molecular weight excluding hydrogens is 412 g/mol. The zero-order valence-electron chi connectivity index (χ0n) is 17.1. The van der Waals surface area contributed by atoms with Crippen molar-refractivity contribution in [1.29, 1.82) is 0 Å². The molecule has 0 atom stereocenters. The van der Waals surface area contributed by atoms with E-state index in [1.165, 1.54) is 0 Å². The van der Waals surface area contributed by atoms with E-state index in [1.807, 2.05) is 102 Å². The van der Waals surface area contributed by atoms with Gasteiger partial charge < -0.3 is 0 Å². The van der Waals surface area contributed by atoms with Gasteiger partial charge in [-0.3, -0.25) is 9.69 Å². The number of aromatic nitrogens is 1. The second kappa shape index (κ2) is 7.66. The fourth-order valence-electron chi connectivity index (χ4n) is 4.15. The summed E-state index contributed by atoms with van der Waals surface area (Å²) in [5.41, 5.74) is 5.05. The molecule has 152 valence electrons. The number of amides is 1. The van der Waals surface area contributed by atoms with Gasteiger partial charge in [-0.25, -0.2) is 4.98 Å². The zero-order valence-corrected chi connectivity index (χ0v) is 17.9. The molecule has 0 aliphatic carbocycles. The molecule has 32 heavy (non-hydrogen) atoms. The first kappa shape index (κ1) is 18.8. The molecule has 0 radical (unpaired) electrons. The van der Waals surface area contributed by atoms with Crippen LogP contribution in [-0.4, -0.2) is 10.9 Å². The van der Waals surface area contributed by atoms with Gasteiger partial charge in [0.25, 0.3) is 5.91 Å². The van der Waals surface area contributed by atoms with E-state index in [4.69, 9.17) is 4.98 Å². The Labute approximate surface area is 190 Å². The Kier molecular flexibility index (Phi) is 4.51. The average Bonchev–Trinajstić information content (AvgIpc) is 2.86. The van der Waals surface area contributed by atoms with Gasteiger partial charge >= 0.3 is 0 Å². The smallest absolute Gasteiger partial charge is 0.263 e. The van der Waals surface area contributed by atoms with E-state index in [0.717, 1.165) is 43.3 Å². The Morgan fingerprint density at radius 3 is 2.00 bits per heavy atom. The summed E-state index contributed by atoms with van der Waals surface area (Å²) in [6.07, 6.45) is 0. The number of fused-ring (bicyclic) bond motifs is 3. The first-order valence-electron chi connectivity index (χ1n) is 10.5. The number of hydrogen-bond donors (Lipinski definition) is 0. The highest BCUT2D eigenvalue weighted by molar-refractivity contribution is 7.99. The van der Waals surface area contributed by atoms with Gasteiger partial charge in [0.2, 0.25) is 0 Å². The quantitative estimate of drug-likeness (QED) is 0.294. The maximum absolute atomic E-state index is 14.2. The van der Waals surface area contributed by atoms with Crippen molar-refractivity contribution in [3.8, 4) is 11.3 Å². The standard InChI is InChI=1S/C28H18N2OS/c31-28(30-24-14-6-8-16-26(24)32-27-17-9-7-15-25(27)30)21-18-23(19-10-2-1-3-11-19)29-22-13-5-4-12-20(21)22/h1-18H. The van der Waals surface area contributed by atoms with Crippen LogP contribution >= 0.6 is 11.8 Å². The van der Waals surface area contributed by atoms with Crippen LogP contribution in [0.1, 0.15) is 10.4 Å². The topological polar surface area (TPSA) is 33.2 Å². The predicted octanol–water partition coefficient (Wildman–Crippen LogP) is 7.34. The molecule has 4 heteroatoms. The summed E-state index contributed by atoms with van der Waals surface area (Å²) in [7, 11) is 0. The minimum absolute atomic E-state index is 0.0546. The van der Waals surface area contributed by atoms with E-state index in [1.54, 1.807) is 11.8 Å². The molecule has 6 rings (SSSR count). The van der Waals surface area contributed by atoms with Crippen molar-refractivity contribution in [3.05, 3.63) is 115 Å². The zero-order chi connectivity index (χ0) is 21.5. The van der Waals surface area contributed by atoms with E-state index in [0.29, 0.717) is 5.56 Å². The number of pyridine rings is 1. The van der Waals surface area contributed by atoms with Gasteiger partial charge in [0.05, 0.1) is 28.1 Å². The first-order valence-corrected chi connectivity index (χ1v) is 11.3. The number of benzene rings is 4. The van der Waals surface area contributed by atoms with Crippen molar-refractivity contribution in [2.75, 3.05) is 4.90 Å². The first-order chi connectivity index (χ1) is 15.8. The fraction of sp³-hybridized carbons (Fsp3) is 0. The van der Waals surface area contributed by atoms with Gasteiger partial charge in [-0.2, -0.15) is 0 Å². The SMILES string of the molecule is O=C(c1cc(-c2ccccc2)nc2ccccc12)N1c2ccccc2Sc2ccccc21. The van der Waals surface area contributed by atoms with Crippen molar-refractivity contribution in [3.63, 3.8) is 0 Å². The van der Waals surface area contributed by atoms with Crippen molar-refractivity contribution in [2.24, 2.45) is 0 Å². The van der Waals surface area contributed by atoms with Gasteiger partial charge in [0.1, 0.15) is 0 Å².